The number of piperidine rings is 1. The summed E-state index contributed by atoms with van der Waals surface area (Å²) in [4.78, 5) is 20.6. The number of aryl methyl sites for hydroxylation is 1. The number of nitrogens with one attached hydrogen (secondary N) is 1. The Balaban J connectivity index is 1.33. The van der Waals surface area contributed by atoms with Crippen LogP contribution in [0.2, 0.25) is 0 Å². The van der Waals surface area contributed by atoms with E-state index in [0.29, 0.717) is 5.91 Å². The molecular weight excluding hydrogens is 718 g/mol. The monoisotopic (exact) mass is 749 g/mol. The molecule has 5 nitrogen and oxygen atoms in total. The molecule has 1 saturated carbocycles. The fourth-order valence-corrected chi connectivity index (χ4v) is 16.5. The van der Waals surface area contributed by atoms with Gasteiger partial charge in [-0.15, -0.1) is 0 Å². The number of halogens is 3. The summed E-state index contributed by atoms with van der Waals surface area (Å²) in [7, 11) is 0. The maximum absolute atomic E-state index is 13.1. The van der Waals surface area contributed by atoms with Gasteiger partial charge in [-0.3, -0.25) is 0 Å². The van der Waals surface area contributed by atoms with Crippen LogP contribution in [0.15, 0.2) is 45.6 Å². The quantitative estimate of drug-likeness (QED) is 0.294. The summed E-state index contributed by atoms with van der Waals surface area (Å²) in [6.45, 7) is 3.87. The van der Waals surface area contributed by atoms with Crippen LogP contribution in [0.25, 0.3) is 5.70 Å². The normalized spacial score (nSPS) is 23.9. The third-order valence-electron chi connectivity index (χ3n) is 7.12. The second-order valence-corrected chi connectivity index (χ2v) is 18.3. The van der Waals surface area contributed by atoms with Crippen molar-refractivity contribution in [3.63, 3.8) is 0 Å². The number of allylic oxidation sites excluding steroid dienone is 1. The van der Waals surface area contributed by atoms with Crippen molar-refractivity contribution < 1.29 is 22.3 Å². The molecule has 5 rings (SSSR count). The van der Waals surface area contributed by atoms with Crippen LogP contribution < -0.4 is 22.8 Å². The second-order valence-electron chi connectivity index (χ2n) is 9.46. The zero-order chi connectivity index (χ0) is 23.5. The first-order valence-corrected chi connectivity index (χ1v) is 21.6. The van der Waals surface area contributed by atoms with Crippen LogP contribution in [0.5, 0.6) is 0 Å². The molecule has 3 aliphatic heterocycles. The Morgan fingerprint density at radius 3 is 2.59 bits per heavy atom. The molecule has 1 aromatic carbocycles. The van der Waals surface area contributed by atoms with Gasteiger partial charge in [-0.1, -0.05) is 0 Å². The number of fused-ring (bicyclic) bond motifs is 1. The van der Waals surface area contributed by atoms with E-state index in [1.165, 1.54) is 41.3 Å². The van der Waals surface area contributed by atoms with Crippen molar-refractivity contribution in [3.8, 4) is 0 Å². The molecule has 3 heterocycles. The van der Waals surface area contributed by atoms with Crippen molar-refractivity contribution >= 4 is 54.1 Å². The molecule has 0 bridgehead atoms. The van der Waals surface area contributed by atoms with Crippen LogP contribution in [-0.4, -0.2) is 42.9 Å². The zero-order valence-electron chi connectivity index (χ0n) is 19.6. The summed E-state index contributed by atoms with van der Waals surface area (Å²) >= 11 is 3.81. The van der Waals surface area contributed by atoms with Crippen LogP contribution >= 0.6 is 32.7 Å². The van der Waals surface area contributed by atoms with E-state index >= 15 is 0 Å². The van der Waals surface area contributed by atoms with Gasteiger partial charge in [0.15, 0.2) is 0 Å². The van der Waals surface area contributed by atoms with Crippen molar-refractivity contribution in [2.24, 2.45) is 10.9 Å². The Morgan fingerprint density at radius 2 is 1.85 bits per heavy atom. The Kier molecular flexibility index (Phi) is 8.46. The predicted molar refractivity (Wildman–Crippen MR) is 148 cm³/mol. The number of rotatable bonds is 3. The van der Waals surface area contributed by atoms with Gasteiger partial charge < -0.3 is 0 Å². The van der Waals surface area contributed by atoms with E-state index in [1.54, 1.807) is 0 Å². The number of carbonyl (C=O) groups excluding carboxylic acids is 1. The first kappa shape index (κ1) is 24.9. The van der Waals surface area contributed by atoms with E-state index in [9.17, 15) is 4.79 Å². The zero-order valence-corrected chi connectivity index (χ0v) is 25.5. The Morgan fingerprint density at radius 1 is 1.12 bits per heavy atom. The van der Waals surface area contributed by atoms with Crippen molar-refractivity contribution in [3.05, 3.63) is 51.8 Å². The van der Waals surface area contributed by atoms with Crippen molar-refractivity contribution in [2.75, 3.05) is 13.1 Å². The number of carbonyl (C=O) groups is 1. The first-order valence-electron chi connectivity index (χ1n) is 12.3. The number of hydrogen-bond donors (Lipinski definition) is 1. The molecule has 0 unspecified atom stereocenters. The molecule has 1 aromatic rings. The average molecular weight is 750 g/mol. The fraction of sp³-hybridized carbons (Fsp3) is 0.500. The van der Waals surface area contributed by atoms with E-state index in [-0.39, 0.29) is 46.2 Å². The third kappa shape index (κ3) is 5.63. The Bertz CT molecular complexity index is 1050. The van der Waals surface area contributed by atoms with Gasteiger partial charge in [0.05, 0.1) is 0 Å². The van der Waals surface area contributed by atoms with Gasteiger partial charge in [0, 0.05) is 0 Å². The molecule has 1 amide bonds. The molecule has 0 atom stereocenters. The van der Waals surface area contributed by atoms with E-state index in [2.05, 4.69) is 70.5 Å². The van der Waals surface area contributed by atoms with E-state index < -0.39 is 0 Å². The Labute approximate surface area is 228 Å². The molecule has 4 aliphatic rings. The fourth-order valence-electron chi connectivity index (χ4n) is 5.17. The van der Waals surface area contributed by atoms with Crippen LogP contribution in [0.3, 0.4) is 0 Å². The molecule has 1 saturated heterocycles. The topological polar surface area (TPSA) is 47.9 Å². The van der Waals surface area contributed by atoms with E-state index in [1.807, 2.05) is 0 Å². The van der Waals surface area contributed by atoms with Crippen LogP contribution in [0, 0.1) is 12.8 Å². The molecule has 34 heavy (non-hydrogen) atoms. The third-order valence-corrected chi connectivity index (χ3v) is 16.4. The molecular formula is C26H32BrI2N4O-. The summed E-state index contributed by atoms with van der Waals surface area (Å²) in [5.74, 6) is 2.93. The van der Waals surface area contributed by atoms with Gasteiger partial charge in [0.25, 0.3) is 0 Å². The number of likely N-dealkylation sites (tertiary alicyclic amines) is 1. The van der Waals surface area contributed by atoms with Crippen LogP contribution in [-0.2, 0) is 4.79 Å². The second kappa shape index (κ2) is 11.5. The summed E-state index contributed by atoms with van der Waals surface area (Å²) in [6, 6.07) is 8.82. The Hall–Kier alpha value is -0.750. The van der Waals surface area contributed by atoms with Gasteiger partial charge in [-0.25, -0.2) is 0 Å². The van der Waals surface area contributed by atoms with Crippen molar-refractivity contribution in [1.29, 1.82) is 0 Å². The molecule has 0 radical (unpaired) electrons. The number of aliphatic imine (C=N–C) groups is 1. The molecule has 1 N–H and O–H groups in total. The van der Waals surface area contributed by atoms with Gasteiger partial charge >= 0.3 is 230 Å². The standard InChI is InChI=1S/C26H32BrI2N4O/c1-18-8-6-7-11-21(18)23-16-24(33-25(31-23)22(27)17-28-29-33)30-20-12-14-32(15-13-20)26(34)19-9-4-2-3-5-10-19/h6-8,11,16-17,19-20,31H,2-5,9-10,12-15H2,1H3/q-1. The maximum atomic E-state index is 13.1. The summed E-state index contributed by atoms with van der Waals surface area (Å²) in [6.07, 6.45) is 11.4. The molecule has 8 heteroatoms. The SMILES string of the molecule is Cc1ccccc1C1=CC(=NC2CCN(C(=O)C3CCCCCC3)CC2)N2[I-]I=CC(Br)=C2N1. The summed E-state index contributed by atoms with van der Waals surface area (Å²) in [5.41, 5.74) is 3.61. The molecule has 184 valence electrons. The number of amides is 1. The summed E-state index contributed by atoms with van der Waals surface area (Å²) in [5, 5.41) is 3.69. The molecule has 0 spiro atoms. The van der Waals surface area contributed by atoms with Gasteiger partial charge in [-0.2, -0.15) is 0 Å². The first-order chi connectivity index (χ1) is 16.6. The number of hydrogen-bond acceptors (Lipinski definition) is 3. The van der Waals surface area contributed by atoms with Gasteiger partial charge in [0.1, 0.15) is 0 Å². The van der Waals surface area contributed by atoms with Crippen molar-refractivity contribution in [2.45, 2.75) is 64.3 Å². The molecule has 2 fully saturated rings. The molecule has 0 aromatic heterocycles. The number of nitrogens with zero attached hydrogens (tertiary/aromatic N) is 3. The predicted octanol–water partition coefficient (Wildman–Crippen LogP) is 2.87. The van der Waals surface area contributed by atoms with Crippen LogP contribution in [0.4, 0.5) is 0 Å². The van der Waals surface area contributed by atoms with E-state index in [0.717, 1.165) is 56.1 Å². The molecule has 1 aliphatic carbocycles. The minimum absolute atomic E-state index is 0.0744. The van der Waals surface area contributed by atoms with Gasteiger partial charge in [-0.05, 0) is 0 Å². The van der Waals surface area contributed by atoms with Gasteiger partial charge in [0.2, 0.25) is 0 Å². The number of benzene rings is 1. The number of amidine groups is 1. The summed E-state index contributed by atoms with van der Waals surface area (Å²) < 4.78 is 6.02. The minimum atomic E-state index is -0.0744. The van der Waals surface area contributed by atoms with E-state index in [4.69, 9.17) is 4.99 Å². The average Bonchev–Trinajstić information content (AvgIpc) is 3.15. The van der Waals surface area contributed by atoms with Crippen molar-refractivity contribution in [1.82, 2.24) is 13.3 Å². The van der Waals surface area contributed by atoms with Crippen LogP contribution in [0.1, 0.15) is 62.5 Å².